The van der Waals surface area contributed by atoms with E-state index >= 15 is 0 Å². The Morgan fingerprint density at radius 2 is 2.21 bits per heavy atom. The highest BCUT2D eigenvalue weighted by Crippen LogP contribution is 2.00. The molecule has 8 heteroatoms. The number of carboxylic acids is 1. The highest BCUT2D eigenvalue weighted by atomic mass is 16.4. The van der Waals surface area contributed by atoms with Crippen LogP contribution in [0.1, 0.15) is 17.5 Å². The molecule has 76 valence electrons. The van der Waals surface area contributed by atoms with Crippen molar-refractivity contribution in [3.8, 4) is 0 Å². The van der Waals surface area contributed by atoms with Crippen LogP contribution in [0.25, 0.3) is 0 Å². The molecule has 1 aromatic heterocycles. The minimum Gasteiger partial charge on any atom is -0.480 e. The van der Waals surface area contributed by atoms with Gasteiger partial charge in [-0.05, 0) is 12.1 Å². The van der Waals surface area contributed by atoms with Gasteiger partial charge in [0.2, 0.25) is 0 Å². The Kier molecular flexibility index (Phi) is 2.75. The predicted molar refractivity (Wildman–Crippen MR) is 43.4 cm³/mol. The second-order valence-corrected chi connectivity index (χ2v) is 2.67. The van der Waals surface area contributed by atoms with Crippen molar-refractivity contribution in [1.29, 1.82) is 0 Å². The van der Waals surface area contributed by atoms with Crippen LogP contribution in [0.15, 0.2) is 0 Å². The summed E-state index contributed by atoms with van der Waals surface area (Å²) in [7, 11) is 1.36. The van der Waals surface area contributed by atoms with Crippen LogP contribution in [-0.2, 0) is 4.79 Å². The Morgan fingerprint density at radius 1 is 1.57 bits per heavy atom. The molecule has 1 aromatic rings. The molecule has 1 heterocycles. The van der Waals surface area contributed by atoms with Crippen molar-refractivity contribution < 1.29 is 14.7 Å². The first-order chi connectivity index (χ1) is 6.54. The third-order valence-electron chi connectivity index (χ3n) is 1.80. The summed E-state index contributed by atoms with van der Waals surface area (Å²) in [6.07, 6.45) is 0. The fourth-order valence-corrected chi connectivity index (χ4v) is 0.752. The van der Waals surface area contributed by atoms with Gasteiger partial charge in [0.25, 0.3) is 11.7 Å². The quantitative estimate of drug-likeness (QED) is 0.628. The third-order valence-corrected chi connectivity index (χ3v) is 1.80. The number of aliphatic carboxylic acids is 1. The van der Waals surface area contributed by atoms with Crippen molar-refractivity contribution in [2.75, 3.05) is 7.05 Å². The molecule has 0 aliphatic carbocycles. The number of aromatic amines is 1. The number of nitrogens with zero attached hydrogens (tertiary/aromatic N) is 4. The Bertz CT molecular complexity index is 335. The average molecular weight is 199 g/mol. The van der Waals surface area contributed by atoms with E-state index < -0.39 is 17.9 Å². The molecular formula is C6H9N5O3. The van der Waals surface area contributed by atoms with Gasteiger partial charge in [0.15, 0.2) is 0 Å². The molecule has 0 radical (unpaired) electrons. The smallest absolute Gasteiger partial charge is 0.326 e. The number of H-pyrrole nitrogens is 1. The van der Waals surface area contributed by atoms with Crippen molar-refractivity contribution in [2.45, 2.75) is 13.0 Å². The second-order valence-electron chi connectivity index (χ2n) is 2.67. The molecule has 0 fully saturated rings. The molecule has 2 N–H and O–H groups in total. The summed E-state index contributed by atoms with van der Waals surface area (Å²) in [4.78, 5) is 23.0. The van der Waals surface area contributed by atoms with Gasteiger partial charge in [-0.3, -0.25) is 4.79 Å². The first-order valence-corrected chi connectivity index (χ1v) is 3.77. The zero-order valence-electron chi connectivity index (χ0n) is 7.63. The molecule has 0 saturated heterocycles. The van der Waals surface area contributed by atoms with Gasteiger partial charge in [-0.2, -0.15) is 5.21 Å². The first-order valence-electron chi connectivity index (χ1n) is 3.77. The molecule has 0 spiro atoms. The van der Waals surface area contributed by atoms with Gasteiger partial charge >= 0.3 is 5.97 Å². The maximum absolute atomic E-state index is 11.4. The van der Waals surface area contributed by atoms with E-state index in [1.165, 1.54) is 14.0 Å². The summed E-state index contributed by atoms with van der Waals surface area (Å²) in [5.41, 5.74) is 0. The number of carbonyl (C=O) groups excluding carboxylic acids is 1. The SMILES string of the molecule is CC(C(=O)O)N(C)C(=O)c1nn[nH]n1. The highest BCUT2D eigenvalue weighted by Gasteiger charge is 2.25. The van der Waals surface area contributed by atoms with Crippen LogP contribution >= 0.6 is 0 Å². The Morgan fingerprint density at radius 3 is 2.64 bits per heavy atom. The van der Waals surface area contributed by atoms with Crippen LogP contribution in [0.2, 0.25) is 0 Å². The first kappa shape index (κ1) is 10.1. The number of carbonyl (C=O) groups is 2. The largest absolute Gasteiger partial charge is 0.480 e. The number of carboxylic acid groups (broad SMARTS) is 1. The van der Waals surface area contributed by atoms with E-state index in [1.807, 2.05) is 0 Å². The number of nitrogens with one attached hydrogen (secondary N) is 1. The van der Waals surface area contributed by atoms with E-state index in [2.05, 4.69) is 20.6 Å². The minimum absolute atomic E-state index is 0.152. The lowest BCUT2D eigenvalue weighted by molar-refractivity contribution is -0.141. The third kappa shape index (κ3) is 1.84. The van der Waals surface area contributed by atoms with E-state index in [1.54, 1.807) is 0 Å². The van der Waals surface area contributed by atoms with Crippen molar-refractivity contribution in [3.63, 3.8) is 0 Å². The van der Waals surface area contributed by atoms with Gasteiger partial charge in [0.05, 0.1) is 0 Å². The second kappa shape index (κ2) is 3.81. The molecule has 0 aliphatic rings. The zero-order valence-corrected chi connectivity index (χ0v) is 7.63. The summed E-state index contributed by atoms with van der Waals surface area (Å²) in [6.45, 7) is 1.39. The Balaban J connectivity index is 2.76. The zero-order chi connectivity index (χ0) is 10.7. The molecule has 1 atom stereocenters. The van der Waals surface area contributed by atoms with E-state index in [0.29, 0.717) is 0 Å². The van der Waals surface area contributed by atoms with Crippen molar-refractivity contribution in [1.82, 2.24) is 25.5 Å². The molecular weight excluding hydrogens is 190 g/mol. The summed E-state index contributed by atoms with van der Waals surface area (Å²) in [6, 6.07) is -0.930. The maximum atomic E-state index is 11.4. The molecule has 1 unspecified atom stereocenters. The van der Waals surface area contributed by atoms with E-state index in [9.17, 15) is 9.59 Å². The Hall–Kier alpha value is -1.99. The average Bonchev–Trinajstić information content (AvgIpc) is 2.67. The molecule has 0 aliphatic heterocycles. The Labute approximate surface area is 78.9 Å². The summed E-state index contributed by atoms with van der Waals surface area (Å²) in [5, 5.41) is 20.8. The molecule has 14 heavy (non-hydrogen) atoms. The van der Waals surface area contributed by atoms with Gasteiger partial charge in [0, 0.05) is 7.05 Å². The highest BCUT2D eigenvalue weighted by molar-refractivity contribution is 5.92. The van der Waals surface area contributed by atoms with Gasteiger partial charge in [-0.25, -0.2) is 4.79 Å². The lowest BCUT2D eigenvalue weighted by Crippen LogP contribution is -2.40. The molecule has 1 amide bonds. The molecule has 0 bridgehead atoms. The number of rotatable bonds is 3. The van der Waals surface area contributed by atoms with Crippen LogP contribution in [0.3, 0.4) is 0 Å². The van der Waals surface area contributed by atoms with Crippen LogP contribution < -0.4 is 0 Å². The van der Waals surface area contributed by atoms with Crippen LogP contribution in [0, 0.1) is 0 Å². The maximum Gasteiger partial charge on any atom is 0.326 e. The fraction of sp³-hybridized carbons (Fsp3) is 0.500. The van der Waals surface area contributed by atoms with Gasteiger partial charge in [-0.1, -0.05) is 0 Å². The van der Waals surface area contributed by atoms with Crippen molar-refractivity contribution in [2.24, 2.45) is 0 Å². The fourth-order valence-electron chi connectivity index (χ4n) is 0.752. The number of amides is 1. The van der Waals surface area contributed by atoms with Crippen molar-refractivity contribution in [3.05, 3.63) is 5.82 Å². The standard InChI is InChI=1S/C6H9N5O3/c1-3(6(13)14)11(2)5(12)4-7-9-10-8-4/h3H,1-2H3,(H,13,14)(H,7,8,9,10). The van der Waals surface area contributed by atoms with E-state index in [0.717, 1.165) is 4.90 Å². The number of tetrazole rings is 1. The monoisotopic (exact) mass is 199 g/mol. The van der Waals surface area contributed by atoms with Crippen LogP contribution in [-0.4, -0.2) is 55.6 Å². The van der Waals surface area contributed by atoms with Crippen LogP contribution in [0.4, 0.5) is 0 Å². The predicted octanol–water partition coefficient (Wildman–Crippen LogP) is -1.26. The summed E-state index contributed by atoms with van der Waals surface area (Å²) in [5.74, 6) is -1.83. The van der Waals surface area contributed by atoms with E-state index in [-0.39, 0.29) is 5.82 Å². The molecule has 8 nitrogen and oxygen atoms in total. The van der Waals surface area contributed by atoms with Crippen LogP contribution in [0.5, 0.6) is 0 Å². The topological polar surface area (TPSA) is 112 Å². The van der Waals surface area contributed by atoms with Gasteiger partial charge in [-0.15, -0.1) is 10.2 Å². The van der Waals surface area contributed by atoms with Gasteiger partial charge < -0.3 is 10.0 Å². The molecule has 0 saturated carbocycles. The summed E-state index contributed by atoms with van der Waals surface area (Å²) < 4.78 is 0. The van der Waals surface area contributed by atoms with Crippen molar-refractivity contribution >= 4 is 11.9 Å². The number of hydrogen-bond acceptors (Lipinski definition) is 5. The molecule has 0 aromatic carbocycles. The van der Waals surface area contributed by atoms with Gasteiger partial charge in [0.1, 0.15) is 6.04 Å². The summed E-state index contributed by atoms with van der Waals surface area (Å²) >= 11 is 0. The van der Waals surface area contributed by atoms with E-state index in [4.69, 9.17) is 5.11 Å². The lowest BCUT2D eigenvalue weighted by atomic mass is 10.3. The minimum atomic E-state index is -1.09. The number of hydrogen-bond donors (Lipinski definition) is 2. The molecule has 1 rings (SSSR count). The normalized spacial score (nSPS) is 12.1. The number of likely N-dealkylation sites (N-methyl/N-ethyl adjacent to an activating group) is 1. The lowest BCUT2D eigenvalue weighted by Gasteiger charge is -2.19. The number of aromatic nitrogens is 4.